The van der Waals surface area contributed by atoms with Crippen LogP contribution in [0.1, 0.15) is 48.9 Å². The number of nitrogens with one attached hydrogen (secondary N) is 1. The third kappa shape index (κ3) is 9.10. The zero-order chi connectivity index (χ0) is 32.5. The first-order valence-corrected chi connectivity index (χ1v) is 15.7. The smallest absolute Gasteiger partial charge is 0.329 e. The van der Waals surface area contributed by atoms with Gasteiger partial charge >= 0.3 is 5.97 Å². The van der Waals surface area contributed by atoms with Gasteiger partial charge in [0.2, 0.25) is 11.8 Å². The molecule has 3 atom stereocenters. The maximum atomic E-state index is 13.7. The fraction of sp³-hybridized carbons (Fsp3) is 0.516. The number of aryl methyl sites for hydroxylation is 2. The summed E-state index contributed by atoms with van der Waals surface area (Å²) in [4.78, 5) is 44.5. The van der Waals surface area contributed by atoms with Gasteiger partial charge in [-0.05, 0) is 31.4 Å². The number of aromatic nitrogens is 2. The summed E-state index contributed by atoms with van der Waals surface area (Å²) in [7, 11) is 0. The van der Waals surface area contributed by atoms with Crippen molar-refractivity contribution in [2.24, 2.45) is 5.92 Å². The van der Waals surface area contributed by atoms with E-state index in [0.717, 1.165) is 16.1 Å². The van der Waals surface area contributed by atoms with E-state index in [9.17, 15) is 19.5 Å². The number of aliphatic carboxylic acids is 1. The van der Waals surface area contributed by atoms with Crippen LogP contribution in [0.15, 0.2) is 34.3 Å². The lowest BCUT2D eigenvalue weighted by molar-refractivity contribution is -0.142. The summed E-state index contributed by atoms with van der Waals surface area (Å²) in [5.41, 5.74) is 4.95. The molecule has 2 aromatic heterocycles. The number of carbonyl (C=O) groups excluding carboxylic acids is 2. The molecule has 1 fully saturated rings. The first kappa shape index (κ1) is 34.0. The number of β-amino-alcohol motifs (C(OH)–C–C–N with tert-alkyl or cyclic N) is 1. The molecule has 1 aromatic carbocycles. The van der Waals surface area contributed by atoms with E-state index in [1.807, 2.05) is 39.0 Å². The van der Waals surface area contributed by atoms with Crippen LogP contribution in [0.4, 0.5) is 0 Å². The van der Waals surface area contributed by atoms with E-state index < -0.39 is 24.0 Å². The van der Waals surface area contributed by atoms with E-state index >= 15 is 0 Å². The molecule has 3 N–H and O–H groups in total. The molecule has 45 heavy (non-hydrogen) atoms. The Labute approximate surface area is 265 Å². The number of ether oxygens (including phenoxy) is 3. The van der Waals surface area contributed by atoms with Crippen LogP contribution in [-0.4, -0.2) is 94.8 Å². The molecule has 244 valence electrons. The highest BCUT2D eigenvalue weighted by Gasteiger charge is 2.43. The van der Waals surface area contributed by atoms with E-state index in [4.69, 9.17) is 23.8 Å². The Bertz CT molecular complexity index is 1460. The predicted octanol–water partition coefficient (Wildman–Crippen LogP) is 2.93. The van der Waals surface area contributed by atoms with Gasteiger partial charge in [-0.25, -0.2) is 9.78 Å². The van der Waals surface area contributed by atoms with Gasteiger partial charge in [0.1, 0.15) is 36.7 Å². The van der Waals surface area contributed by atoms with Gasteiger partial charge in [0, 0.05) is 31.1 Å². The maximum Gasteiger partial charge on any atom is 0.329 e. The van der Waals surface area contributed by atoms with Crippen LogP contribution in [0.3, 0.4) is 0 Å². The molecule has 2 amide bonds. The molecule has 0 aliphatic carbocycles. The number of thiazole rings is 1. The standard InChI is InChI=1S/C31H40N4O9S/c1-18(2)28(26-11-19(3)34-44-26)31(40)35-15-23(36)13-24(35)30(39)32-14-22-6-5-21(29-20(4)33-17-45-29)12-25(22)43-10-9-41-7-8-42-16-27(37)38/h5-6,11-12,17-18,23-24,28,36H,7-10,13-16H2,1-4H3,(H,32,39)(H,37,38)/t23-,24+,28?/m1/s1. The molecule has 0 spiro atoms. The highest BCUT2D eigenvalue weighted by molar-refractivity contribution is 7.13. The Morgan fingerprint density at radius 3 is 2.56 bits per heavy atom. The van der Waals surface area contributed by atoms with Crippen LogP contribution >= 0.6 is 11.3 Å². The maximum absolute atomic E-state index is 13.7. The van der Waals surface area contributed by atoms with Crippen molar-refractivity contribution < 1.29 is 43.3 Å². The third-order valence-corrected chi connectivity index (χ3v) is 8.34. The Morgan fingerprint density at radius 2 is 1.89 bits per heavy atom. The number of carboxylic acid groups (broad SMARTS) is 1. The highest BCUT2D eigenvalue weighted by Crippen LogP contribution is 2.33. The topological polar surface area (TPSA) is 174 Å². The molecule has 1 saturated heterocycles. The number of nitrogens with zero attached hydrogens (tertiary/aromatic N) is 3. The molecule has 4 rings (SSSR count). The lowest BCUT2D eigenvalue weighted by atomic mass is 9.91. The van der Waals surface area contributed by atoms with Crippen LogP contribution in [-0.2, 0) is 30.4 Å². The number of aliphatic hydroxyl groups excluding tert-OH is 1. The first-order valence-electron chi connectivity index (χ1n) is 14.8. The van der Waals surface area contributed by atoms with E-state index in [2.05, 4.69) is 15.5 Å². The van der Waals surface area contributed by atoms with E-state index in [0.29, 0.717) is 22.8 Å². The first-order chi connectivity index (χ1) is 21.5. The summed E-state index contributed by atoms with van der Waals surface area (Å²) in [5.74, 6) is -1.49. The summed E-state index contributed by atoms with van der Waals surface area (Å²) in [5, 5.41) is 26.0. The Kier molecular flexibility index (Phi) is 12.0. The molecular formula is C31H40N4O9S. The Morgan fingerprint density at radius 1 is 1.13 bits per heavy atom. The molecular weight excluding hydrogens is 604 g/mol. The largest absolute Gasteiger partial charge is 0.491 e. The van der Waals surface area contributed by atoms with Gasteiger partial charge in [-0.15, -0.1) is 11.3 Å². The van der Waals surface area contributed by atoms with Crippen molar-refractivity contribution in [3.05, 3.63) is 52.5 Å². The minimum atomic E-state index is -1.04. The van der Waals surface area contributed by atoms with E-state index in [-0.39, 0.29) is 70.3 Å². The summed E-state index contributed by atoms with van der Waals surface area (Å²) in [6.07, 6.45) is -0.706. The van der Waals surface area contributed by atoms with Crippen LogP contribution in [0, 0.1) is 19.8 Å². The normalized spacial score (nSPS) is 17.1. The number of aliphatic hydroxyl groups is 1. The molecule has 0 radical (unpaired) electrons. The molecule has 3 heterocycles. The number of carboxylic acids is 1. The second-order valence-electron chi connectivity index (χ2n) is 11.2. The average molecular weight is 645 g/mol. The number of likely N-dealkylation sites (tertiary alicyclic amines) is 1. The fourth-order valence-corrected chi connectivity index (χ4v) is 6.00. The van der Waals surface area contributed by atoms with Crippen LogP contribution < -0.4 is 10.1 Å². The minimum absolute atomic E-state index is 0.0475. The molecule has 3 aromatic rings. The second kappa shape index (κ2) is 15.9. The molecule has 1 aliphatic rings. The zero-order valence-corrected chi connectivity index (χ0v) is 26.7. The average Bonchev–Trinajstić information content (AvgIpc) is 3.72. The SMILES string of the molecule is Cc1cc(C(C(=O)N2C[C@H](O)C[C@H]2C(=O)NCc2ccc(-c3scnc3C)cc2OCCOCCOCC(=O)O)C(C)C)on1. The molecule has 1 aliphatic heterocycles. The van der Waals surface area contributed by atoms with Crippen molar-refractivity contribution in [2.45, 2.75) is 58.7 Å². The lowest BCUT2D eigenvalue weighted by Gasteiger charge is -2.28. The van der Waals surface area contributed by atoms with E-state index in [1.165, 1.54) is 16.2 Å². The highest BCUT2D eigenvalue weighted by atomic mass is 32.1. The summed E-state index contributed by atoms with van der Waals surface area (Å²) < 4.78 is 21.9. The molecule has 1 unspecified atom stereocenters. The lowest BCUT2D eigenvalue weighted by Crippen LogP contribution is -2.48. The van der Waals surface area contributed by atoms with Gasteiger partial charge in [0.15, 0.2) is 0 Å². The van der Waals surface area contributed by atoms with Gasteiger partial charge in [-0.2, -0.15) is 0 Å². The van der Waals surface area contributed by atoms with Gasteiger partial charge < -0.3 is 39.2 Å². The zero-order valence-electron chi connectivity index (χ0n) is 25.9. The van der Waals surface area contributed by atoms with Crippen LogP contribution in [0.25, 0.3) is 10.4 Å². The Hall–Kier alpha value is -3.85. The number of hydrogen-bond acceptors (Lipinski definition) is 11. The molecule has 13 nitrogen and oxygen atoms in total. The molecule has 0 bridgehead atoms. The summed E-state index contributed by atoms with van der Waals surface area (Å²) >= 11 is 1.51. The van der Waals surface area contributed by atoms with Gasteiger partial charge in [0.25, 0.3) is 0 Å². The molecule has 0 saturated carbocycles. The van der Waals surface area contributed by atoms with Crippen molar-refractivity contribution >= 4 is 29.1 Å². The summed E-state index contributed by atoms with van der Waals surface area (Å²) in [6, 6.07) is 6.57. The number of carbonyl (C=O) groups is 3. The fourth-order valence-electron chi connectivity index (χ4n) is 5.20. The second-order valence-corrected chi connectivity index (χ2v) is 12.1. The van der Waals surface area contributed by atoms with Crippen LogP contribution in [0.2, 0.25) is 0 Å². The third-order valence-electron chi connectivity index (χ3n) is 7.36. The number of benzene rings is 1. The van der Waals surface area contributed by atoms with Crippen molar-refractivity contribution in [1.29, 1.82) is 0 Å². The molecule has 14 heteroatoms. The quantitative estimate of drug-likeness (QED) is 0.196. The number of hydrogen-bond donors (Lipinski definition) is 3. The Balaban J connectivity index is 1.42. The van der Waals surface area contributed by atoms with Gasteiger partial charge in [-0.3, -0.25) is 9.59 Å². The van der Waals surface area contributed by atoms with Crippen molar-refractivity contribution in [1.82, 2.24) is 20.4 Å². The van der Waals surface area contributed by atoms with Crippen molar-refractivity contribution in [3.8, 4) is 16.2 Å². The van der Waals surface area contributed by atoms with Crippen molar-refractivity contribution in [3.63, 3.8) is 0 Å². The van der Waals surface area contributed by atoms with Gasteiger partial charge in [0.05, 0.1) is 47.7 Å². The minimum Gasteiger partial charge on any atom is -0.491 e. The van der Waals surface area contributed by atoms with Crippen molar-refractivity contribution in [2.75, 3.05) is 39.6 Å². The predicted molar refractivity (Wildman–Crippen MR) is 164 cm³/mol. The monoisotopic (exact) mass is 644 g/mol. The van der Waals surface area contributed by atoms with Gasteiger partial charge in [-0.1, -0.05) is 31.1 Å². The number of rotatable bonds is 16. The van der Waals surface area contributed by atoms with Crippen LogP contribution in [0.5, 0.6) is 5.75 Å². The summed E-state index contributed by atoms with van der Waals surface area (Å²) in [6.45, 7) is 8.12. The number of amides is 2. The van der Waals surface area contributed by atoms with E-state index in [1.54, 1.807) is 18.5 Å².